The molecule has 162 valence electrons. The number of ether oxygens (including phenoxy) is 1. The number of nitrogens with one attached hydrogen (secondary N) is 2. The van der Waals surface area contributed by atoms with E-state index in [-0.39, 0.29) is 17.7 Å². The molecule has 2 aromatic heterocycles. The van der Waals surface area contributed by atoms with Gasteiger partial charge in [0.15, 0.2) is 0 Å². The second-order valence-corrected chi connectivity index (χ2v) is 7.63. The third kappa shape index (κ3) is 2.92. The normalized spacial score (nSPS) is 15.1. The number of para-hydroxylation sites is 2. The second kappa shape index (κ2) is 7.67. The van der Waals surface area contributed by atoms with E-state index in [1.54, 1.807) is 10.8 Å². The minimum atomic E-state index is -1.02. The van der Waals surface area contributed by atoms with Crippen LogP contribution in [0.1, 0.15) is 11.1 Å². The van der Waals surface area contributed by atoms with Crippen molar-refractivity contribution in [2.45, 2.75) is 12.6 Å². The molecule has 8 nitrogen and oxygen atoms in total. The average Bonchev–Trinajstić information content (AvgIpc) is 3.44. The Hall–Kier alpha value is -3.88. The number of benzene rings is 2. The number of amides is 2. The number of H-pyrrole nitrogens is 1. The number of methoxy groups -OCH3 is 1. The van der Waals surface area contributed by atoms with Crippen LogP contribution >= 0.6 is 0 Å². The van der Waals surface area contributed by atoms with Gasteiger partial charge in [-0.05, 0) is 12.1 Å². The summed E-state index contributed by atoms with van der Waals surface area (Å²) >= 11 is 0. The first-order chi connectivity index (χ1) is 15.5. The van der Waals surface area contributed by atoms with Crippen LogP contribution in [0.4, 0.5) is 0 Å². The monoisotopic (exact) mass is 431 g/mol. The van der Waals surface area contributed by atoms with Gasteiger partial charge >= 0.3 is 0 Å². The van der Waals surface area contributed by atoms with Crippen molar-refractivity contribution >= 4 is 44.8 Å². The quantitative estimate of drug-likeness (QED) is 0.349. The van der Waals surface area contributed by atoms with E-state index < -0.39 is 24.5 Å². The molecule has 0 radical (unpaired) electrons. The van der Waals surface area contributed by atoms with Gasteiger partial charge in [0.1, 0.15) is 0 Å². The first kappa shape index (κ1) is 20.0. The summed E-state index contributed by atoms with van der Waals surface area (Å²) in [6.45, 7) is -0.362. The van der Waals surface area contributed by atoms with E-state index in [2.05, 4.69) is 10.3 Å². The summed E-state index contributed by atoms with van der Waals surface area (Å²) in [5.41, 5.74) is 3.12. The molecule has 2 amide bonds. The third-order valence-electron chi connectivity index (χ3n) is 5.76. The third-order valence-corrected chi connectivity index (χ3v) is 5.76. The van der Waals surface area contributed by atoms with E-state index in [1.807, 2.05) is 48.5 Å². The molecule has 2 aromatic carbocycles. The summed E-state index contributed by atoms with van der Waals surface area (Å²) in [4.78, 5) is 29.2. The predicted octanol–water partition coefficient (Wildman–Crippen LogP) is 2.05. The first-order valence-corrected chi connectivity index (χ1v) is 10.2. The van der Waals surface area contributed by atoms with E-state index >= 15 is 0 Å². The Labute approximate surface area is 182 Å². The highest BCUT2D eigenvalue weighted by Crippen LogP contribution is 2.43. The van der Waals surface area contributed by atoms with E-state index in [1.165, 1.54) is 7.11 Å². The number of nitrogens with zero attached hydrogens (tertiary/aromatic N) is 1. The Bertz CT molecular complexity index is 1410. The number of hydrogen-bond donors (Lipinski definition) is 4. The van der Waals surface area contributed by atoms with Crippen molar-refractivity contribution in [1.29, 1.82) is 0 Å². The summed E-state index contributed by atoms with van der Waals surface area (Å²) in [6, 6.07) is 14.9. The van der Waals surface area contributed by atoms with Crippen molar-refractivity contribution in [2.75, 3.05) is 13.7 Å². The highest BCUT2D eigenvalue weighted by molar-refractivity contribution is 6.51. The molecule has 0 saturated carbocycles. The van der Waals surface area contributed by atoms with Crippen LogP contribution in [-0.2, 0) is 16.1 Å². The minimum absolute atomic E-state index is 0.0610. The Morgan fingerprint density at radius 3 is 2.44 bits per heavy atom. The molecule has 1 atom stereocenters. The van der Waals surface area contributed by atoms with Crippen LogP contribution in [0, 0.1) is 0 Å². The van der Waals surface area contributed by atoms with Crippen molar-refractivity contribution in [3.63, 3.8) is 0 Å². The maximum Gasteiger partial charge on any atom is 0.259 e. The van der Waals surface area contributed by atoms with Gasteiger partial charge in [0.25, 0.3) is 11.8 Å². The lowest BCUT2D eigenvalue weighted by atomic mass is 9.95. The number of aromatic nitrogens is 2. The van der Waals surface area contributed by atoms with Gasteiger partial charge in [-0.2, -0.15) is 0 Å². The van der Waals surface area contributed by atoms with Gasteiger partial charge in [-0.15, -0.1) is 0 Å². The fourth-order valence-corrected chi connectivity index (χ4v) is 4.41. The van der Waals surface area contributed by atoms with Crippen LogP contribution in [0.15, 0.2) is 54.7 Å². The van der Waals surface area contributed by atoms with Crippen LogP contribution in [-0.4, -0.2) is 51.4 Å². The maximum atomic E-state index is 13.1. The molecule has 1 aliphatic heterocycles. The van der Waals surface area contributed by atoms with Gasteiger partial charge < -0.3 is 24.5 Å². The topological polar surface area (TPSA) is 117 Å². The molecule has 0 saturated heterocycles. The fraction of sp³-hybridized carbons (Fsp3) is 0.167. The molecule has 3 heterocycles. The van der Waals surface area contributed by atoms with Crippen LogP contribution in [0.25, 0.3) is 33.0 Å². The molecule has 0 bridgehead atoms. The molecule has 5 rings (SSSR count). The molecule has 32 heavy (non-hydrogen) atoms. The van der Waals surface area contributed by atoms with Crippen molar-refractivity contribution in [3.05, 3.63) is 65.9 Å². The molecule has 0 fully saturated rings. The zero-order chi connectivity index (χ0) is 22.4. The fourth-order valence-electron chi connectivity index (χ4n) is 4.41. The van der Waals surface area contributed by atoms with Gasteiger partial charge in [0.05, 0.1) is 48.6 Å². The molecular formula is C24H21N3O5. The summed E-state index contributed by atoms with van der Waals surface area (Å²) in [7, 11) is 1.47. The molecule has 0 unspecified atom stereocenters. The van der Waals surface area contributed by atoms with Crippen LogP contribution < -0.4 is 10.1 Å². The molecule has 0 spiro atoms. The van der Waals surface area contributed by atoms with E-state index in [0.717, 1.165) is 10.9 Å². The molecule has 1 aliphatic rings. The van der Waals surface area contributed by atoms with E-state index in [4.69, 9.17) is 4.74 Å². The Morgan fingerprint density at radius 2 is 1.69 bits per heavy atom. The number of fused-ring (bicyclic) bond motifs is 2. The summed E-state index contributed by atoms with van der Waals surface area (Å²) in [5, 5.41) is 23.4. The second-order valence-electron chi connectivity index (χ2n) is 7.63. The van der Waals surface area contributed by atoms with Gasteiger partial charge in [-0.1, -0.05) is 36.4 Å². The lowest BCUT2D eigenvalue weighted by Crippen LogP contribution is -2.23. The van der Waals surface area contributed by atoms with E-state index in [0.29, 0.717) is 27.9 Å². The molecular weight excluding hydrogens is 410 g/mol. The highest BCUT2D eigenvalue weighted by Gasteiger charge is 2.37. The number of imide groups is 1. The van der Waals surface area contributed by atoms with Crippen molar-refractivity contribution in [3.8, 4) is 5.88 Å². The number of carbonyl (C=O) groups excluding carboxylic acids is 2. The SMILES string of the molecule is COc1c(C2=C(c3c[nH]c4ccccc34)C(=O)NC2=O)c2ccccc2n1C[C@H](O)CO. The standard InChI is InChI=1S/C24H21N3O5/c1-32-24-20(15-7-3-5-9-18(15)27(24)11-13(29)12-28)21-19(22(30)26-23(21)31)16-10-25-17-8-4-2-6-14(16)17/h2-10,13,25,28-29H,11-12H2,1H3,(H,26,30,31)/t13-/m0/s1. The zero-order valence-electron chi connectivity index (χ0n) is 17.3. The lowest BCUT2D eigenvalue weighted by molar-refractivity contribution is -0.122. The summed E-state index contributed by atoms with van der Waals surface area (Å²) < 4.78 is 7.40. The number of aliphatic hydroxyl groups is 2. The average molecular weight is 431 g/mol. The largest absolute Gasteiger partial charge is 0.482 e. The summed E-state index contributed by atoms with van der Waals surface area (Å²) in [5.74, 6) is -0.667. The Balaban J connectivity index is 1.85. The number of aliphatic hydroxyl groups excluding tert-OH is 2. The molecule has 0 aliphatic carbocycles. The van der Waals surface area contributed by atoms with Crippen LogP contribution in [0.5, 0.6) is 5.88 Å². The van der Waals surface area contributed by atoms with Crippen molar-refractivity contribution in [1.82, 2.24) is 14.9 Å². The van der Waals surface area contributed by atoms with Crippen molar-refractivity contribution in [2.24, 2.45) is 0 Å². The highest BCUT2D eigenvalue weighted by atomic mass is 16.5. The molecule has 4 aromatic rings. The summed E-state index contributed by atoms with van der Waals surface area (Å²) in [6.07, 6.45) is 0.702. The smallest absolute Gasteiger partial charge is 0.259 e. The molecule has 8 heteroatoms. The Kier molecular flexibility index (Phi) is 4.80. The number of aromatic amines is 1. The van der Waals surface area contributed by atoms with Crippen molar-refractivity contribution < 1.29 is 24.5 Å². The van der Waals surface area contributed by atoms with Gasteiger partial charge in [-0.3, -0.25) is 14.9 Å². The zero-order valence-corrected chi connectivity index (χ0v) is 17.3. The number of carbonyl (C=O) groups is 2. The van der Waals surface area contributed by atoms with Crippen LogP contribution in [0.3, 0.4) is 0 Å². The van der Waals surface area contributed by atoms with Gasteiger partial charge in [0.2, 0.25) is 5.88 Å². The van der Waals surface area contributed by atoms with Gasteiger partial charge in [-0.25, -0.2) is 0 Å². The maximum absolute atomic E-state index is 13.1. The van der Waals surface area contributed by atoms with E-state index in [9.17, 15) is 19.8 Å². The van der Waals surface area contributed by atoms with Crippen LogP contribution in [0.2, 0.25) is 0 Å². The minimum Gasteiger partial charge on any atom is -0.482 e. The Morgan fingerprint density at radius 1 is 1.00 bits per heavy atom. The number of hydrogen-bond acceptors (Lipinski definition) is 5. The van der Waals surface area contributed by atoms with Gasteiger partial charge in [0, 0.05) is 28.0 Å². The first-order valence-electron chi connectivity index (χ1n) is 10.2. The lowest BCUT2D eigenvalue weighted by Gasteiger charge is -2.14. The molecule has 4 N–H and O–H groups in total. The number of rotatable bonds is 6. The predicted molar refractivity (Wildman–Crippen MR) is 120 cm³/mol.